The molecule has 6 heteroatoms. The van der Waals surface area contributed by atoms with E-state index in [4.69, 9.17) is 5.26 Å². The highest BCUT2D eigenvalue weighted by Crippen LogP contribution is 2.42. The lowest BCUT2D eigenvalue weighted by molar-refractivity contribution is -0.117. The molecule has 0 unspecified atom stereocenters. The number of urea groups is 1. The number of anilines is 1. The van der Waals surface area contributed by atoms with Gasteiger partial charge in [-0.05, 0) is 43.5 Å². The van der Waals surface area contributed by atoms with Crippen molar-refractivity contribution in [3.63, 3.8) is 0 Å². The van der Waals surface area contributed by atoms with E-state index >= 15 is 0 Å². The number of amides is 3. The van der Waals surface area contributed by atoms with Crippen molar-refractivity contribution in [1.29, 1.82) is 5.26 Å². The molecule has 0 bridgehead atoms. The van der Waals surface area contributed by atoms with Gasteiger partial charge in [-0.3, -0.25) is 4.79 Å². The first-order chi connectivity index (χ1) is 12.1. The van der Waals surface area contributed by atoms with Crippen LogP contribution < -0.4 is 4.90 Å². The van der Waals surface area contributed by atoms with Crippen molar-refractivity contribution in [1.82, 2.24) is 9.80 Å². The van der Waals surface area contributed by atoms with Crippen molar-refractivity contribution in [3.8, 4) is 6.07 Å². The van der Waals surface area contributed by atoms with Crippen molar-refractivity contribution in [2.75, 3.05) is 37.6 Å². The molecular weight excluding hydrogens is 316 g/mol. The highest BCUT2D eigenvalue weighted by atomic mass is 16.2. The average Bonchev–Trinajstić information content (AvgIpc) is 3.36. The van der Waals surface area contributed by atoms with Crippen molar-refractivity contribution in [2.24, 2.45) is 5.41 Å². The minimum atomic E-state index is -0.125. The van der Waals surface area contributed by atoms with Gasteiger partial charge in [-0.15, -0.1) is 0 Å². The summed E-state index contributed by atoms with van der Waals surface area (Å²) in [6, 6.07) is 9.38. The fourth-order valence-electron chi connectivity index (χ4n) is 4.33. The van der Waals surface area contributed by atoms with Gasteiger partial charge in [0.25, 0.3) is 0 Å². The maximum absolute atomic E-state index is 12.6. The summed E-state index contributed by atoms with van der Waals surface area (Å²) < 4.78 is 0. The number of likely N-dealkylation sites (tertiary alicyclic amines) is 2. The van der Waals surface area contributed by atoms with Gasteiger partial charge in [0.05, 0.1) is 11.6 Å². The number of rotatable bonds is 1. The smallest absolute Gasteiger partial charge is 0.320 e. The van der Waals surface area contributed by atoms with Crippen LogP contribution in [0.4, 0.5) is 10.5 Å². The summed E-state index contributed by atoms with van der Waals surface area (Å²) in [7, 11) is 0. The van der Waals surface area contributed by atoms with Crippen LogP contribution in [-0.4, -0.2) is 54.5 Å². The SMILES string of the molecule is N#Cc1ccc(N2C[C@]3(CCN(C(=O)N4CCCC4)C3)CC2=O)cc1. The molecule has 3 heterocycles. The van der Waals surface area contributed by atoms with Gasteiger partial charge in [0, 0.05) is 50.2 Å². The molecule has 3 aliphatic heterocycles. The van der Waals surface area contributed by atoms with E-state index in [1.54, 1.807) is 12.1 Å². The van der Waals surface area contributed by atoms with Crippen LogP contribution in [0.1, 0.15) is 31.2 Å². The van der Waals surface area contributed by atoms with Gasteiger partial charge in [0.2, 0.25) is 5.91 Å². The Bertz CT molecular complexity index is 733. The number of carbonyl (C=O) groups is 2. The molecule has 3 aliphatic rings. The Balaban J connectivity index is 1.46. The maximum atomic E-state index is 12.6. The van der Waals surface area contributed by atoms with E-state index in [2.05, 4.69) is 6.07 Å². The zero-order valence-electron chi connectivity index (χ0n) is 14.3. The predicted molar refractivity (Wildman–Crippen MR) is 93.0 cm³/mol. The Hall–Kier alpha value is -2.55. The average molecular weight is 338 g/mol. The number of nitriles is 1. The summed E-state index contributed by atoms with van der Waals surface area (Å²) >= 11 is 0. The number of hydrogen-bond donors (Lipinski definition) is 0. The molecule has 1 aromatic rings. The summed E-state index contributed by atoms with van der Waals surface area (Å²) in [5, 5.41) is 8.91. The van der Waals surface area contributed by atoms with Crippen LogP contribution in [0, 0.1) is 16.7 Å². The van der Waals surface area contributed by atoms with Gasteiger partial charge in [-0.25, -0.2) is 4.79 Å². The molecule has 3 fully saturated rings. The van der Waals surface area contributed by atoms with E-state index in [0.717, 1.165) is 44.6 Å². The first-order valence-electron chi connectivity index (χ1n) is 8.95. The zero-order valence-corrected chi connectivity index (χ0v) is 14.3. The Morgan fingerprint density at radius 2 is 1.76 bits per heavy atom. The molecule has 25 heavy (non-hydrogen) atoms. The van der Waals surface area contributed by atoms with Crippen molar-refractivity contribution >= 4 is 17.6 Å². The van der Waals surface area contributed by atoms with E-state index in [9.17, 15) is 9.59 Å². The van der Waals surface area contributed by atoms with Crippen LogP contribution >= 0.6 is 0 Å². The fraction of sp³-hybridized carbons (Fsp3) is 0.526. The third kappa shape index (κ3) is 2.84. The highest BCUT2D eigenvalue weighted by Gasteiger charge is 2.49. The lowest BCUT2D eigenvalue weighted by Crippen LogP contribution is -2.42. The lowest BCUT2D eigenvalue weighted by Gasteiger charge is -2.27. The van der Waals surface area contributed by atoms with E-state index < -0.39 is 0 Å². The van der Waals surface area contributed by atoms with Gasteiger partial charge in [0.1, 0.15) is 0 Å². The normalized spacial score (nSPS) is 25.9. The summed E-state index contributed by atoms with van der Waals surface area (Å²) in [5.74, 6) is 0.111. The third-order valence-corrected chi connectivity index (χ3v) is 5.71. The largest absolute Gasteiger partial charge is 0.325 e. The van der Waals surface area contributed by atoms with Gasteiger partial charge in [0.15, 0.2) is 0 Å². The summed E-state index contributed by atoms with van der Waals surface area (Å²) in [5.41, 5.74) is 1.30. The maximum Gasteiger partial charge on any atom is 0.320 e. The Kier molecular flexibility index (Phi) is 3.87. The molecule has 0 aromatic heterocycles. The van der Waals surface area contributed by atoms with E-state index in [1.165, 1.54) is 0 Å². The Labute approximate surface area is 147 Å². The predicted octanol–water partition coefficient (Wildman–Crippen LogP) is 2.20. The van der Waals surface area contributed by atoms with Gasteiger partial charge in [-0.2, -0.15) is 5.26 Å². The van der Waals surface area contributed by atoms with E-state index in [0.29, 0.717) is 25.1 Å². The molecule has 130 valence electrons. The number of benzene rings is 1. The van der Waals surface area contributed by atoms with Crippen LogP contribution in [0.3, 0.4) is 0 Å². The fourth-order valence-corrected chi connectivity index (χ4v) is 4.33. The Morgan fingerprint density at radius 3 is 2.44 bits per heavy atom. The number of carbonyl (C=O) groups excluding carboxylic acids is 2. The Morgan fingerprint density at radius 1 is 1.04 bits per heavy atom. The zero-order chi connectivity index (χ0) is 17.4. The van der Waals surface area contributed by atoms with Crippen LogP contribution in [-0.2, 0) is 4.79 Å². The number of nitrogens with zero attached hydrogens (tertiary/aromatic N) is 4. The van der Waals surface area contributed by atoms with E-state index in [-0.39, 0.29) is 17.4 Å². The van der Waals surface area contributed by atoms with Gasteiger partial charge >= 0.3 is 6.03 Å². The molecule has 4 rings (SSSR count). The minimum Gasteiger partial charge on any atom is -0.325 e. The summed E-state index contributed by atoms with van der Waals surface area (Å²) in [4.78, 5) is 30.9. The number of hydrogen-bond acceptors (Lipinski definition) is 3. The third-order valence-electron chi connectivity index (χ3n) is 5.71. The van der Waals surface area contributed by atoms with Crippen LogP contribution in [0.5, 0.6) is 0 Å². The molecule has 3 amide bonds. The molecule has 0 radical (unpaired) electrons. The molecule has 1 atom stereocenters. The minimum absolute atomic E-state index is 0.111. The van der Waals surface area contributed by atoms with Gasteiger partial charge in [-0.1, -0.05) is 0 Å². The monoisotopic (exact) mass is 338 g/mol. The highest BCUT2D eigenvalue weighted by molar-refractivity contribution is 5.96. The van der Waals surface area contributed by atoms with Crippen LogP contribution in [0.2, 0.25) is 0 Å². The van der Waals surface area contributed by atoms with Crippen molar-refractivity contribution in [2.45, 2.75) is 25.7 Å². The summed E-state index contributed by atoms with van der Waals surface area (Å²) in [6.45, 7) is 3.78. The van der Waals surface area contributed by atoms with E-state index in [1.807, 2.05) is 26.8 Å². The quantitative estimate of drug-likeness (QED) is 0.788. The lowest BCUT2D eigenvalue weighted by atomic mass is 9.86. The molecule has 0 aliphatic carbocycles. The summed E-state index contributed by atoms with van der Waals surface area (Å²) in [6.07, 6.45) is 3.56. The van der Waals surface area contributed by atoms with Crippen LogP contribution in [0.15, 0.2) is 24.3 Å². The first-order valence-corrected chi connectivity index (χ1v) is 8.95. The van der Waals surface area contributed by atoms with Crippen molar-refractivity contribution < 1.29 is 9.59 Å². The molecule has 6 nitrogen and oxygen atoms in total. The standard InChI is InChI=1S/C19H22N4O2/c20-12-15-3-5-16(6-4-15)23-14-19(11-17(23)24)7-10-22(13-19)18(25)21-8-1-2-9-21/h3-6H,1-2,7-11,13-14H2/t19-/m1/s1. The first kappa shape index (κ1) is 15.9. The second-order valence-electron chi connectivity index (χ2n) is 7.46. The topological polar surface area (TPSA) is 67.7 Å². The molecule has 0 N–H and O–H groups in total. The molecule has 1 spiro atoms. The van der Waals surface area contributed by atoms with Gasteiger partial charge < -0.3 is 14.7 Å². The van der Waals surface area contributed by atoms with Crippen LogP contribution in [0.25, 0.3) is 0 Å². The molecule has 0 saturated carbocycles. The molecule has 1 aromatic carbocycles. The second kappa shape index (κ2) is 6.07. The van der Waals surface area contributed by atoms with Crippen molar-refractivity contribution in [3.05, 3.63) is 29.8 Å². The molecular formula is C19H22N4O2. The second-order valence-corrected chi connectivity index (χ2v) is 7.46. The molecule has 3 saturated heterocycles.